The lowest BCUT2D eigenvalue weighted by Gasteiger charge is -2.15. The Balaban J connectivity index is 1.50. The Morgan fingerprint density at radius 2 is 1.59 bits per heavy atom. The lowest BCUT2D eigenvalue weighted by Crippen LogP contribution is -2.36. The molecule has 8 heteroatoms. The fourth-order valence-corrected chi connectivity index (χ4v) is 2.90. The van der Waals surface area contributed by atoms with Crippen molar-refractivity contribution >= 4 is 23.6 Å². The summed E-state index contributed by atoms with van der Waals surface area (Å²) in [4.78, 5) is 50.8. The minimum atomic E-state index is -1.01. The van der Waals surface area contributed by atoms with Crippen molar-refractivity contribution in [1.29, 1.82) is 0 Å². The van der Waals surface area contributed by atoms with E-state index in [2.05, 4.69) is 0 Å². The minimum absolute atomic E-state index is 0.0288. The molecule has 2 aliphatic rings. The normalized spacial score (nSPS) is 15.6. The molecule has 136 valence electrons. The average molecular weight is 366 g/mol. The lowest BCUT2D eigenvalue weighted by molar-refractivity contribution is -0.143. The van der Waals surface area contributed by atoms with E-state index in [1.54, 1.807) is 36.4 Å². The van der Waals surface area contributed by atoms with Crippen LogP contribution < -0.4 is 9.47 Å². The molecule has 0 radical (unpaired) electrons. The molecule has 0 spiro atoms. The number of fused-ring (bicyclic) bond motifs is 1. The number of hydrogen-bond donors (Lipinski definition) is 0. The number of Topliss-reactive ketones (excluding diaryl/α,β-unsaturated/α-hetero) is 1. The van der Waals surface area contributed by atoms with E-state index in [-0.39, 0.29) is 18.9 Å². The predicted octanol–water partition coefficient (Wildman–Crippen LogP) is 1.59. The molecule has 0 atom stereocenters. The highest BCUT2D eigenvalue weighted by molar-refractivity contribution is 6.45. The third kappa shape index (κ3) is 3.01. The molecule has 0 saturated carbocycles. The maximum absolute atomic E-state index is 12.5. The van der Waals surface area contributed by atoms with Crippen molar-refractivity contribution in [2.75, 3.05) is 13.3 Å². The monoisotopic (exact) mass is 366 g/mol. The molecule has 2 heterocycles. The van der Waals surface area contributed by atoms with Gasteiger partial charge >= 0.3 is 17.8 Å². The zero-order valence-corrected chi connectivity index (χ0v) is 14.1. The van der Waals surface area contributed by atoms with Crippen molar-refractivity contribution in [2.45, 2.75) is 6.54 Å². The van der Waals surface area contributed by atoms with Crippen LogP contribution in [0.3, 0.4) is 0 Å². The molecule has 0 aromatic heterocycles. The third-order valence-corrected chi connectivity index (χ3v) is 4.31. The molecule has 1 saturated heterocycles. The maximum atomic E-state index is 12.5. The van der Waals surface area contributed by atoms with Crippen molar-refractivity contribution < 1.29 is 28.7 Å². The van der Waals surface area contributed by atoms with Crippen molar-refractivity contribution in [2.24, 2.45) is 0 Å². The first-order valence-electron chi connectivity index (χ1n) is 8.18. The number of carbonyl (C=O) groups is 4. The Hall–Kier alpha value is -3.68. The standard InChI is InChI=1S/C19H14N2O6/c22-14(13-6-7-15-16(8-13)27-11-26-15)10-21-18(24)17(23)20(19(21)25)9-12-4-2-1-3-5-12/h1-8H,9-11H2. The number of imide groups is 2. The van der Waals surface area contributed by atoms with E-state index in [0.717, 1.165) is 4.90 Å². The molecule has 2 aromatic rings. The molecule has 0 aliphatic carbocycles. The van der Waals surface area contributed by atoms with Gasteiger partial charge in [-0.3, -0.25) is 19.3 Å². The number of carbonyl (C=O) groups excluding carboxylic acids is 4. The molecule has 0 bridgehead atoms. The second-order valence-corrected chi connectivity index (χ2v) is 6.04. The average Bonchev–Trinajstić information content (AvgIpc) is 3.23. The van der Waals surface area contributed by atoms with Crippen LogP contribution in [0.15, 0.2) is 48.5 Å². The van der Waals surface area contributed by atoms with Crippen LogP contribution >= 0.6 is 0 Å². The number of benzene rings is 2. The van der Waals surface area contributed by atoms with Crippen LogP contribution in [-0.4, -0.2) is 46.8 Å². The first-order valence-corrected chi connectivity index (χ1v) is 8.18. The van der Waals surface area contributed by atoms with E-state index in [1.807, 2.05) is 0 Å². The van der Waals surface area contributed by atoms with Gasteiger partial charge in [-0.2, -0.15) is 0 Å². The van der Waals surface area contributed by atoms with Gasteiger partial charge in [0.05, 0.1) is 13.1 Å². The summed E-state index contributed by atoms with van der Waals surface area (Å²) in [5.74, 6) is -1.50. The summed E-state index contributed by atoms with van der Waals surface area (Å²) in [6, 6.07) is 12.6. The van der Waals surface area contributed by atoms with Crippen LogP contribution in [0.5, 0.6) is 11.5 Å². The molecule has 4 amide bonds. The maximum Gasteiger partial charge on any atom is 0.334 e. The van der Waals surface area contributed by atoms with E-state index in [4.69, 9.17) is 9.47 Å². The van der Waals surface area contributed by atoms with E-state index >= 15 is 0 Å². The van der Waals surface area contributed by atoms with Crippen LogP contribution in [0.2, 0.25) is 0 Å². The van der Waals surface area contributed by atoms with Crippen LogP contribution in [-0.2, 0) is 16.1 Å². The number of rotatable bonds is 5. The van der Waals surface area contributed by atoms with Gasteiger partial charge in [-0.15, -0.1) is 0 Å². The summed E-state index contributed by atoms with van der Waals surface area (Å²) in [7, 11) is 0. The Labute approximate surface area is 153 Å². The highest BCUT2D eigenvalue weighted by Crippen LogP contribution is 2.32. The number of ketones is 1. The molecule has 0 unspecified atom stereocenters. The van der Waals surface area contributed by atoms with Gasteiger partial charge in [0.25, 0.3) is 0 Å². The fraction of sp³-hybridized carbons (Fsp3) is 0.158. The second-order valence-electron chi connectivity index (χ2n) is 6.04. The van der Waals surface area contributed by atoms with Gasteiger partial charge in [0.2, 0.25) is 6.79 Å². The van der Waals surface area contributed by atoms with Crippen LogP contribution in [0.4, 0.5) is 4.79 Å². The van der Waals surface area contributed by atoms with Crippen molar-refractivity contribution in [3.05, 3.63) is 59.7 Å². The summed E-state index contributed by atoms with van der Waals surface area (Å²) < 4.78 is 10.4. The van der Waals surface area contributed by atoms with Gasteiger partial charge in [0.15, 0.2) is 17.3 Å². The van der Waals surface area contributed by atoms with Gasteiger partial charge in [0.1, 0.15) is 0 Å². The van der Waals surface area contributed by atoms with Gasteiger partial charge in [-0.05, 0) is 23.8 Å². The molecule has 4 rings (SSSR count). The molecule has 2 aromatic carbocycles. The zero-order chi connectivity index (χ0) is 19.0. The summed E-state index contributed by atoms with van der Waals surface area (Å²) in [5.41, 5.74) is 0.963. The van der Waals surface area contributed by atoms with Crippen LogP contribution in [0.1, 0.15) is 15.9 Å². The van der Waals surface area contributed by atoms with E-state index < -0.39 is 30.2 Å². The molecule has 27 heavy (non-hydrogen) atoms. The smallest absolute Gasteiger partial charge is 0.334 e. The van der Waals surface area contributed by atoms with Gasteiger partial charge < -0.3 is 9.47 Å². The minimum Gasteiger partial charge on any atom is -0.454 e. The largest absolute Gasteiger partial charge is 0.454 e. The first kappa shape index (κ1) is 16.8. The number of amides is 4. The first-order chi connectivity index (χ1) is 13.0. The topological polar surface area (TPSA) is 93.2 Å². The van der Waals surface area contributed by atoms with Crippen molar-refractivity contribution in [3.8, 4) is 11.5 Å². The van der Waals surface area contributed by atoms with Crippen molar-refractivity contribution in [3.63, 3.8) is 0 Å². The molecule has 2 aliphatic heterocycles. The summed E-state index contributed by atoms with van der Waals surface area (Å²) in [6.07, 6.45) is 0. The fourth-order valence-electron chi connectivity index (χ4n) is 2.90. The highest BCUT2D eigenvalue weighted by Gasteiger charge is 2.45. The lowest BCUT2D eigenvalue weighted by atomic mass is 10.1. The molecular weight excluding hydrogens is 352 g/mol. The number of hydrogen-bond acceptors (Lipinski definition) is 6. The van der Waals surface area contributed by atoms with Crippen LogP contribution in [0, 0.1) is 0 Å². The summed E-state index contributed by atoms with van der Waals surface area (Å²) in [6.45, 7) is -0.480. The predicted molar refractivity (Wildman–Crippen MR) is 91.0 cm³/mol. The Morgan fingerprint density at radius 1 is 0.889 bits per heavy atom. The van der Waals surface area contributed by atoms with Crippen LogP contribution in [0.25, 0.3) is 0 Å². The summed E-state index contributed by atoms with van der Waals surface area (Å²) >= 11 is 0. The molecule has 1 fully saturated rings. The highest BCUT2D eigenvalue weighted by atomic mass is 16.7. The molecule has 8 nitrogen and oxygen atoms in total. The number of urea groups is 1. The number of ether oxygens (including phenoxy) is 2. The number of nitrogens with zero attached hydrogens (tertiary/aromatic N) is 2. The third-order valence-electron chi connectivity index (χ3n) is 4.31. The molecular formula is C19H14N2O6. The summed E-state index contributed by atoms with van der Waals surface area (Å²) in [5, 5.41) is 0. The van der Waals surface area contributed by atoms with E-state index in [9.17, 15) is 19.2 Å². The Morgan fingerprint density at radius 3 is 2.37 bits per heavy atom. The molecule has 0 N–H and O–H groups in total. The Bertz CT molecular complexity index is 956. The van der Waals surface area contributed by atoms with Gasteiger partial charge in [-0.1, -0.05) is 30.3 Å². The van der Waals surface area contributed by atoms with Crippen molar-refractivity contribution in [1.82, 2.24) is 9.80 Å². The van der Waals surface area contributed by atoms with E-state index in [1.165, 1.54) is 12.1 Å². The quantitative estimate of drug-likeness (QED) is 0.453. The van der Waals surface area contributed by atoms with E-state index in [0.29, 0.717) is 22.0 Å². The van der Waals surface area contributed by atoms with Gasteiger partial charge in [-0.25, -0.2) is 9.69 Å². The zero-order valence-electron chi connectivity index (χ0n) is 14.1. The van der Waals surface area contributed by atoms with Gasteiger partial charge in [0, 0.05) is 5.56 Å². The Kier molecular flexibility index (Phi) is 4.08. The second kappa shape index (κ2) is 6.56. The SMILES string of the molecule is O=C(CN1C(=O)C(=O)N(Cc2ccccc2)C1=O)c1ccc2c(c1)OCO2.